The molecule has 24 heavy (non-hydrogen) atoms. The van der Waals surface area contributed by atoms with E-state index < -0.39 is 5.97 Å². The summed E-state index contributed by atoms with van der Waals surface area (Å²) < 4.78 is 10.2. The third kappa shape index (κ3) is 3.08. The maximum atomic E-state index is 11.6. The van der Waals surface area contributed by atoms with Crippen molar-refractivity contribution >= 4 is 34.0 Å². The Bertz CT molecular complexity index is 743. The molecule has 0 aliphatic heterocycles. The molecule has 2 aromatic rings. The lowest BCUT2D eigenvalue weighted by Crippen LogP contribution is -2.41. The normalized spacial score (nSPS) is 15.5. The summed E-state index contributed by atoms with van der Waals surface area (Å²) in [5.41, 5.74) is 1.23. The average molecular weight is 367 g/mol. The quantitative estimate of drug-likeness (QED) is 0.779. The zero-order valence-corrected chi connectivity index (χ0v) is 15.2. The predicted octanol–water partition coefficient (Wildman–Crippen LogP) is 4.13. The van der Waals surface area contributed by atoms with E-state index in [2.05, 4.69) is 16.4 Å². The Kier molecular flexibility index (Phi) is 4.96. The van der Waals surface area contributed by atoms with Gasteiger partial charge in [0.15, 0.2) is 15.2 Å². The molecule has 0 saturated heterocycles. The molecular formula is C17H19ClN2O3S. The van der Waals surface area contributed by atoms with E-state index in [1.54, 1.807) is 7.11 Å². The Morgan fingerprint density at radius 3 is 2.75 bits per heavy atom. The van der Waals surface area contributed by atoms with Crippen LogP contribution in [0, 0.1) is 0 Å². The third-order valence-electron chi connectivity index (χ3n) is 4.52. The summed E-state index contributed by atoms with van der Waals surface area (Å²) in [6.07, 6.45) is 3.36. The van der Waals surface area contributed by atoms with Gasteiger partial charge in [-0.1, -0.05) is 47.6 Å². The third-order valence-corrected chi connectivity index (χ3v) is 5.90. The van der Waals surface area contributed by atoms with Crippen molar-refractivity contribution < 1.29 is 14.3 Å². The van der Waals surface area contributed by atoms with Gasteiger partial charge in [0.1, 0.15) is 5.75 Å². The highest BCUT2D eigenvalue weighted by molar-refractivity contribution is 7.18. The van der Waals surface area contributed by atoms with E-state index in [1.165, 1.54) is 30.4 Å². The number of esters is 1. The lowest BCUT2D eigenvalue weighted by Gasteiger charge is -2.43. The smallest absolute Gasteiger partial charge is 0.351 e. The lowest BCUT2D eigenvalue weighted by atomic mass is 9.64. The van der Waals surface area contributed by atoms with Crippen LogP contribution in [-0.2, 0) is 10.2 Å². The van der Waals surface area contributed by atoms with Crippen molar-refractivity contribution in [3.05, 3.63) is 39.9 Å². The first kappa shape index (κ1) is 17.0. The fourth-order valence-corrected chi connectivity index (χ4v) is 4.17. The Morgan fingerprint density at radius 1 is 1.38 bits per heavy atom. The standard InChI is InChI=1S/C17H19ClN2O3S/c1-22-12-7-4-3-6-11(12)17(8-5-9-17)10-19-16-20-14(18)13(24-16)15(21)23-2/h3-4,6-7H,5,8-10H2,1-2H3,(H,19,20). The second kappa shape index (κ2) is 6.99. The van der Waals surface area contributed by atoms with Crippen LogP contribution in [0.2, 0.25) is 5.15 Å². The Hall–Kier alpha value is -1.79. The molecule has 5 nitrogen and oxygen atoms in total. The van der Waals surface area contributed by atoms with Gasteiger partial charge in [0.25, 0.3) is 0 Å². The average Bonchev–Trinajstić information content (AvgIpc) is 2.94. The number of rotatable bonds is 6. The van der Waals surface area contributed by atoms with E-state index in [0.717, 1.165) is 25.1 Å². The summed E-state index contributed by atoms with van der Waals surface area (Å²) in [4.78, 5) is 16.2. The van der Waals surface area contributed by atoms with Crippen molar-refractivity contribution in [1.82, 2.24) is 4.98 Å². The summed E-state index contributed by atoms with van der Waals surface area (Å²) in [5, 5.41) is 4.14. The molecule has 1 N–H and O–H groups in total. The molecule has 0 atom stereocenters. The number of thiazole rings is 1. The molecule has 0 spiro atoms. The van der Waals surface area contributed by atoms with Gasteiger partial charge in [-0.25, -0.2) is 9.78 Å². The number of anilines is 1. The number of para-hydroxylation sites is 1. The van der Waals surface area contributed by atoms with Crippen molar-refractivity contribution in [3.63, 3.8) is 0 Å². The van der Waals surface area contributed by atoms with Gasteiger partial charge in [-0.05, 0) is 18.9 Å². The number of nitrogens with zero attached hydrogens (tertiary/aromatic N) is 1. The molecule has 1 aromatic carbocycles. The number of aromatic nitrogens is 1. The van der Waals surface area contributed by atoms with E-state index in [9.17, 15) is 4.79 Å². The molecule has 1 heterocycles. The molecule has 1 aliphatic rings. The molecule has 3 rings (SSSR count). The van der Waals surface area contributed by atoms with Crippen LogP contribution in [0.1, 0.15) is 34.5 Å². The Morgan fingerprint density at radius 2 is 2.12 bits per heavy atom. The van der Waals surface area contributed by atoms with E-state index in [1.807, 2.05) is 18.2 Å². The Balaban J connectivity index is 1.78. The number of nitrogens with one attached hydrogen (secondary N) is 1. The van der Waals surface area contributed by atoms with Gasteiger partial charge in [-0.2, -0.15) is 0 Å². The highest BCUT2D eigenvalue weighted by atomic mass is 35.5. The molecule has 0 amide bonds. The van der Waals surface area contributed by atoms with E-state index in [4.69, 9.17) is 21.1 Å². The van der Waals surface area contributed by atoms with Gasteiger partial charge < -0.3 is 14.8 Å². The number of halogens is 1. The molecule has 1 fully saturated rings. The molecule has 1 aliphatic carbocycles. The number of ether oxygens (including phenoxy) is 2. The minimum absolute atomic E-state index is 0.0240. The molecular weight excluding hydrogens is 348 g/mol. The maximum Gasteiger partial charge on any atom is 0.351 e. The highest BCUT2D eigenvalue weighted by Crippen LogP contribution is 2.47. The SMILES string of the molecule is COC(=O)c1sc(NCC2(c3ccccc3OC)CCC2)nc1Cl. The number of benzene rings is 1. The van der Waals surface area contributed by atoms with Crippen molar-refractivity contribution in [1.29, 1.82) is 0 Å². The predicted molar refractivity (Wildman–Crippen MR) is 95.5 cm³/mol. The summed E-state index contributed by atoms with van der Waals surface area (Å²) >= 11 is 7.23. The van der Waals surface area contributed by atoms with Gasteiger partial charge in [0, 0.05) is 17.5 Å². The van der Waals surface area contributed by atoms with E-state index >= 15 is 0 Å². The first-order valence-corrected chi connectivity index (χ1v) is 8.91. The molecule has 1 aromatic heterocycles. The first-order chi connectivity index (χ1) is 11.6. The number of carbonyl (C=O) groups is 1. The van der Waals surface area contributed by atoms with E-state index in [0.29, 0.717) is 10.0 Å². The summed E-state index contributed by atoms with van der Waals surface area (Å²) in [5.74, 6) is 0.444. The molecule has 128 valence electrons. The second-order valence-corrected chi connectivity index (χ2v) is 7.18. The second-order valence-electron chi connectivity index (χ2n) is 5.82. The van der Waals surface area contributed by atoms with Crippen molar-refractivity contribution in [2.45, 2.75) is 24.7 Å². The van der Waals surface area contributed by atoms with Gasteiger partial charge in [-0.3, -0.25) is 0 Å². The zero-order chi connectivity index (χ0) is 17.2. The molecule has 0 unspecified atom stereocenters. The number of hydrogen-bond donors (Lipinski definition) is 1. The van der Waals surface area contributed by atoms with Crippen LogP contribution in [0.3, 0.4) is 0 Å². The van der Waals surface area contributed by atoms with Crippen LogP contribution >= 0.6 is 22.9 Å². The minimum atomic E-state index is -0.464. The van der Waals surface area contributed by atoms with Gasteiger partial charge in [0.05, 0.1) is 14.2 Å². The monoisotopic (exact) mass is 366 g/mol. The van der Waals surface area contributed by atoms with Gasteiger partial charge >= 0.3 is 5.97 Å². The van der Waals surface area contributed by atoms with E-state index in [-0.39, 0.29) is 10.6 Å². The number of methoxy groups -OCH3 is 2. The van der Waals surface area contributed by atoms with Crippen LogP contribution in [0.4, 0.5) is 5.13 Å². The highest BCUT2D eigenvalue weighted by Gasteiger charge is 2.40. The van der Waals surface area contributed by atoms with Crippen molar-refractivity contribution in [3.8, 4) is 5.75 Å². The van der Waals surface area contributed by atoms with Gasteiger partial charge in [0.2, 0.25) is 0 Å². The van der Waals surface area contributed by atoms with Crippen molar-refractivity contribution in [2.24, 2.45) is 0 Å². The van der Waals surface area contributed by atoms with Crippen LogP contribution in [0.25, 0.3) is 0 Å². The fraction of sp³-hybridized carbons (Fsp3) is 0.412. The summed E-state index contributed by atoms with van der Waals surface area (Å²) in [7, 11) is 3.03. The van der Waals surface area contributed by atoms with Crippen molar-refractivity contribution in [2.75, 3.05) is 26.1 Å². The van der Waals surface area contributed by atoms with Gasteiger partial charge in [-0.15, -0.1) is 0 Å². The number of carbonyl (C=O) groups excluding carboxylic acids is 1. The molecule has 7 heteroatoms. The zero-order valence-electron chi connectivity index (χ0n) is 13.6. The molecule has 0 radical (unpaired) electrons. The summed E-state index contributed by atoms with van der Waals surface area (Å²) in [6, 6.07) is 8.12. The van der Waals surface area contributed by atoms with Crippen LogP contribution in [-0.4, -0.2) is 31.7 Å². The van der Waals surface area contributed by atoms with Crippen LogP contribution < -0.4 is 10.1 Å². The minimum Gasteiger partial charge on any atom is -0.496 e. The summed E-state index contributed by atoms with van der Waals surface area (Å²) in [6.45, 7) is 0.720. The molecule has 1 saturated carbocycles. The fourth-order valence-electron chi connectivity index (χ4n) is 3.07. The van der Waals surface area contributed by atoms with Crippen LogP contribution in [0.5, 0.6) is 5.75 Å². The van der Waals surface area contributed by atoms with Crippen LogP contribution in [0.15, 0.2) is 24.3 Å². The lowest BCUT2D eigenvalue weighted by molar-refractivity contribution is 0.0606. The molecule has 0 bridgehead atoms. The largest absolute Gasteiger partial charge is 0.496 e. The number of hydrogen-bond acceptors (Lipinski definition) is 6. The topological polar surface area (TPSA) is 60.5 Å². The first-order valence-electron chi connectivity index (χ1n) is 7.71. The maximum absolute atomic E-state index is 11.6. The Labute approximate surface area is 150 Å².